The Kier molecular flexibility index (Phi) is 5.84. The van der Waals surface area contributed by atoms with Gasteiger partial charge in [-0.1, -0.05) is 42.5 Å². The minimum atomic E-state index is -0.986. The van der Waals surface area contributed by atoms with Crippen LogP contribution in [0.1, 0.15) is 23.0 Å². The molecule has 144 valence electrons. The average Bonchev–Trinajstić information content (AvgIpc) is 2.70. The lowest BCUT2D eigenvalue weighted by Gasteiger charge is -2.14. The lowest BCUT2D eigenvalue weighted by molar-refractivity contribution is -0.141. The predicted octanol–water partition coefficient (Wildman–Crippen LogP) is 2.09. The lowest BCUT2D eigenvalue weighted by atomic mass is 9.97. The highest BCUT2D eigenvalue weighted by Gasteiger charge is 2.20. The Hall–Kier alpha value is -3.48. The summed E-state index contributed by atoms with van der Waals surface area (Å²) in [5, 5.41) is 18.3. The van der Waals surface area contributed by atoms with Crippen LogP contribution in [0.5, 0.6) is 0 Å². The van der Waals surface area contributed by atoms with Crippen LogP contribution in [-0.4, -0.2) is 33.3 Å². The van der Waals surface area contributed by atoms with Gasteiger partial charge in [-0.25, -0.2) is 4.68 Å². The highest BCUT2D eigenvalue weighted by Crippen LogP contribution is 2.18. The van der Waals surface area contributed by atoms with Crippen molar-refractivity contribution in [3.8, 4) is 0 Å². The van der Waals surface area contributed by atoms with Crippen molar-refractivity contribution >= 4 is 22.6 Å². The first-order valence-electron chi connectivity index (χ1n) is 9.04. The second-order valence-corrected chi connectivity index (χ2v) is 6.50. The molecule has 7 nitrogen and oxygen atoms in total. The van der Waals surface area contributed by atoms with E-state index in [-0.39, 0.29) is 17.8 Å². The maximum absolute atomic E-state index is 12.3. The fourth-order valence-corrected chi connectivity index (χ4v) is 3.00. The quantitative estimate of drug-likeness (QED) is 0.655. The van der Waals surface area contributed by atoms with Crippen molar-refractivity contribution in [1.29, 1.82) is 0 Å². The normalized spacial score (nSPS) is 11.9. The van der Waals surface area contributed by atoms with Crippen LogP contribution in [0.4, 0.5) is 0 Å². The molecule has 3 rings (SSSR count). The van der Waals surface area contributed by atoms with E-state index in [0.717, 1.165) is 16.3 Å². The number of aliphatic carboxylic acids is 1. The summed E-state index contributed by atoms with van der Waals surface area (Å²) in [5.74, 6) is -2.27. The van der Waals surface area contributed by atoms with E-state index < -0.39 is 17.8 Å². The van der Waals surface area contributed by atoms with E-state index in [1.165, 1.54) is 16.8 Å². The largest absolute Gasteiger partial charge is 0.481 e. The molecule has 2 N–H and O–H groups in total. The van der Waals surface area contributed by atoms with Crippen LogP contribution in [0.15, 0.2) is 59.4 Å². The number of hydrogen-bond donors (Lipinski definition) is 2. The molecule has 7 heteroatoms. The molecular formula is C21H21N3O4. The van der Waals surface area contributed by atoms with Gasteiger partial charge in [0.15, 0.2) is 0 Å². The molecule has 0 saturated heterocycles. The molecule has 1 heterocycles. The van der Waals surface area contributed by atoms with Crippen LogP contribution in [0.2, 0.25) is 0 Å². The number of nitrogens with one attached hydrogen (secondary N) is 1. The summed E-state index contributed by atoms with van der Waals surface area (Å²) >= 11 is 0. The molecule has 1 unspecified atom stereocenters. The Morgan fingerprint density at radius 3 is 2.57 bits per heavy atom. The van der Waals surface area contributed by atoms with Crippen molar-refractivity contribution in [1.82, 2.24) is 15.1 Å². The number of carbonyl (C=O) groups excluding carboxylic acids is 1. The minimum absolute atomic E-state index is 0.0338. The van der Waals surface area contributed by atoms with E-state index >= 15 is 0 Å². The Labute approximate surface area is 161 Å². The van der Waals surface area contributed by atoms with Crippen LogP contribution in [0.25, 0.3) is 10.8 Å². The highest BCUT2D eigenvalue weighted by atomic mass is 16.4. The van der Waals surface area contributed by atoms with E-state index in [9.17, 15) is 19.5 Å². The molecule has 1 atom stereocenters. The second-order valence-electron chi connectivity index (χ2n) is 6.50. The molecule has 2 aromatic carbocycles. The number of benzene rings is 2. The van der Waals surface area contributed by atoms with Gasteiger partial charge in [0.1, 0.15) is 5.69 Å². The topological polar surface area (TPSA) is 101 Å². The van der Waals surface area contributed by atoms with Crippen molar-refractivity contribution in [2.45, 2.75) is 19.9 Å². The molecule has 28 heavy (non-hydrogen) atoms. The van der Waals surface area contributed by atoms with Gasteiger partial charge in [-0.15, -0.1) is 0 Å². The molecular weight excluding hydrogens is 358 g/mol. The first-order valence-corrected chi connectivity index (χ1v) is 9.04. The van der Waals surface area contributed by atoms with E-state index in [1.54, 1.807) is 6.92 Å². The standard InChI is InChI=1S/C21H21N3O4/c1-2-24-19(25)10-9-18(23-24)20(26)22-13-17(21(27)28)12-14-7-8-15-5-3-4-6-16(15)11-14/h3-11,17H,2,12-13H2,1H3,(H,22,26)(H,27,28). The first kappa shape index (κ1) is 19.3. The van der Waals surface area contributed by atoms with Crippen molar-refractivity contribution in [2.75, 3.05) is 6.54 Å². The molecule has 0 radical (unpaired) electrons. The van der Waals surface area contributed by atoms with Crippen molar-refractivity contribution < 1.29 is 14.7 Å². The summed E-state index contributed by atoms with van der Waals surface area (Å²) in [5.41, 5.74) is 0.674. The van der Waals surface area contributed by atoms with Gasteiger partial charge in [0.05, 0.1) is 5.92 Å². The van der Waals surface area contributed by atoms with Gasteiger partial charge in [0.2, 0.25) is 0 Å². The summed E-state index contributed by atoms with van der Waals surface area (Å²) in [7, 11) is 0. The molecule has 3 aromatic rings. The number of aromatic nitrogens is 2. The zero-order valence-corrected chi connectivity index (χ0v) is 15.5. The summed E-state index contributed by atoms with van der Waals surface area (Å²) < 4.78 is 1.18. The maximum atomic E-state index is 12.3. The van der Waals surface area contributed by atoms with E-state index in [1.807, 2.05) is 42.5 Å². The molecule has 0 aliphatic heterocycles. The van der Waals surface area contributed by atoms with E-state index in [4.69, 9.17) is 0 Å². The smallest absolute Gasteiger partial charge is 0.308 e. The number of rotatable bonds is 7. The van der Waals surface area contributed by atoms with Crippen molar-refractivity contribution in [3.05, 3.63) is 76.2 Å². The third-order valence-corrected chi connectivity index (χ3v) is 4.55. The molecule has 0 bridgehead atoms. The van der Waals surface area contributed by atoms with Crippen LogP contribution in [0.3, 0.4) is 0 Å². The Balaban J connectivity index is 1.69. The third kappa shape index (κ3) is 4.43. The third-order valence-electron chi connectivity index (χ3n) is 4.55. The fraction of sp³-hybridized carbons (Fsp3) is 0.238. The van der Waals surface area contributed by atoms with Gasteiger partial charge in [0, 0.05) is 19.2 Å². The monoisotopic (exact) mass is 379 g/mol. The summed E-state index contributed by atoms with van der Waals surface area (Å²) in [6.07, 6.45) is 0.294. The Bertz CT molecular complexity index is 1070. The van der Waals surface area contributed by atoms with Gasteiger partial charge >= 0.3 is 5.97 Å². The average molecular weight is 379 g/mol. The molecule has 1 aromatic heterocycles. The van der Waals surface area contributed by atoms with E-state index in [0.29, 0.717) is 13.0 Å². The molecule has 1 amide bonds. The van der Waals surface area contributed by atoms with Crippen LogP contribution in [0, 0.1) is 5.92 Å². The molecule has 0 saturated carbocycles. The van der Waals surface area contributed by atoms with Crippen LogP contribution >= 0.6 is 0 Å². The molecule has 0 spiro atoms. The van der Waals surface area contributed by atoms with Crippen molar-refractivity contribution in [3.63, 3.8) is 0 Å². The number of carboxylic acids is 1. The van der Waals surface area contributed by atoms with Gasteiger partial charge in [0.25, 0.3) is 11.5 Å². The summed E-state index contributed by atoms with van der Waals surface area (Å²) in [6.45, 7) is 2.06. The second kappa shape index (κ2) is 8.47. The number of hydrogen-bond acceptors (Lipinski definition) is 4. The number of nitrogens with zero attached hydrogens (tertiary/aromatic N) is 2. The van der Waals surface area contributed by atoms with Gasteiger partial charge < -0.3 is 10.4 Å². The van der Waals surface area contributed by atoms with Crippen LogP contribution < -0.4 is 10.9 Å². The van der Waals surface area contributed by atoms with Gasteiger partial charge in [-0.2, -0.15) is 5.10 Å². The first-order chi connectivity index (χ1) is 13.5. The predicted molar refractivity (Wildman–Crippen MR) is 105 cm³/mol. The SMILES string of the molecule is CCn1nc(C(=O)NCC(Cc2ccc3ccccc3c2)C(=O)O)ccc1=O. The summed E-state index contributed by atoms with van der Waals surface area (Å²) in [4.78, 5) is 35.5. The number of carbonyl (C=O) groups is 2. The van der Waals surface area contributed by atoms with Crippen LogP contribution in [-0.2, 0) is 17.8 Å². The fourth-order valence-electron chi connectivity index (χ4n) is 3.00. The van der Waals surface area contributed by atoms with Gasteiger partial charge in [-0.3, -0.25) is 14.4 Å². The number of fused-ring (bicyclic) bond motifs is 1. The van der Waals surface area contributed by atoms with Crippen molar-refractivity contribution in [2.24, 2.45) is 5.92 Å². The summed E-state index contributed by atoms with van der Waals surface area (Å²) in [6, 6.07) is 16.3. The molecule has 0 aliphatic carbocycles. The Morgan fingerprint density at radius 2 is 1.86 bits per heavy atom. The van der Waals surface area contributed by atoms with E-state index in [2.05, 4.69) is 10.4 Å². The number of carboxylic acid groups (broad SMARTS) is 1. The maximum Gasteiger partial charge on any atom is 0.308 e. The Morgan fingerprint density at radius 1 is 1.11 bits per heavy atom. The zero-order chi connectivity index (χ0) is 20.1. The zero-order valence-electron chi connectivity index (χ0n) is 15.5. The molecule has 0 aliphatic rings. The number of aryl methyl sites for hydroxylation is 1. The number of amides is 1. The van der Waals surface area contributed by atoms with Gasteiger partial charge in [-0.05, 0) is 35.7 Å². The molecule has 0 fully saturated rings. The highest BCUT2D eigenvalue weighted by molar-refractivity contribution is 5.92. The minimum Gasteiger partial charge on any atom is -0.481 e. The lowest BCUT2D eigenvalue weighted by Crippen LogP contribution is -2.35.